The Bertz CT molecular complexity index is 1120. The van der Waals surface area contributed by atoms with E-state index in [1.54, 1.807) is 47.1 Å². The van der Waals surface area contributed by atoms with Crippen LogP contribution in [0.2, 0.25) is 0 Å². The maximum atomic E-state index is 14.3. The average Bonchev–Trinajstić information content (AvgIpc) is 3.32. The third-order valence-corrected chi connectivity index (χ3v) is 5.01. The Morgan fingerprint density at radius 2 is 1.97 bits per heavy atom. The average molecular weight is 427 g/mol. The molecule has 0 radical (unpaired) electrons. The fraction of sp³-hybridized carbons (Fsp3) is 0.227. The van der Waals surface area contributed by atoms with E-state index >= 15 is 0 Å². The van der Waals surface area contributed by atoms with E-state index in [1.165, 1.54) is 24.5 Å². The number of halogens is 3. The molecule has 1 amide bonds. The number of anilines is 2. The molecule has 3 aromatic rings. The van der Waals surface area contributed by atoms with Crippen LogP contribution >= 0.6 is 0 Å². The molecule has 4 rings (SSSR count). The summed E-state index contributed by atoms with van der Waals surface area (Å²) in [6.45, 7) is -0.00916. The van der Waals surface area contributed by atoms with Gasteiger partial charge in [-0.1, -0.05) is 0 Å². The zero-order chi connectivity index (χ0) is 22.0. The third-order valence-electron chi connectivity index (χ3n) is 5.01. The normalized spacial score (nSPS) is 15.5. The summed E-state index contributed by atoms with van der Waals surface area (Å²) in [6.07, 6.45) is 8.39. The second-order valence-corrected chi connectivity index (χ2v) is 7.39. The predicted molar refractivity (Wildman–Crippen MR) is 112 cm³/mol. The Morgan fingerprint density at radius 1 is 1.19 bits per heavy atom. The topological polar surface area (TPSA) is 63.1 Å². The van der Waals surface area contributed by atoms with Gasteiger partial charge in [-0.3, -0.25) is 14.5 Å². The van der Waals surface area contributed by atoms with E-state index < -0.39 is 17.6 Å². The molecule has 3 heterocycles. The number of pyridine rings is 1. The van der Waals surface area contributed by atoms with Gasteiger partial charge in [-0.05, 0) is 30.3 Å². The first-order valence-corrected chi connectivity index (χ1v) is 9.65. The summed E-state index contributed by atoms with van der Waals surface area (Å²) in [7, 11) is 1.73. The van der Waals surface area contributed by atoms with Crippen LogP contribution in [0.4, 0.5) is 24.5 Å². The molecule has 160 valence electrons. The number of nitrogens with zero attached hydrogens (tertiary/aromatic N) is 4. The zero-order valence-electron chi connectivity index (χ0n) is 16.7. The van der Waals surface area contributed by atoms with E-state index in [9.17, 15) is 18.0 Å². The van der Waals surface area contributed by atoms with Gasteiger partial charge < -0.3 is 10.2 Å². The number of carbonyl (C=O) groups is 1. The molecule has 31 heavy (non-hydrogen) atoms. The monoisotopic (exact) mass is 427 g/mol. The summed E-state index contributed by atoms with van der Waals surface area (Å²) in [5.74, 6) is -3.60. The number of alkyl halides is 2. The quantitative estimate of drug-likeness (QED) is 0.623. The number of amides is 1. The van der Waals surface area contributed by atoms with Gasteiger partial charge in [0.25, 0.3) is 5.92 Å². The third kappa shape index (κ3) is 4.76. The molecule has 0 saturated carbocycles. The minimum atomic E-state index is -2.67. The second-order valence-electron chi connectivity index (χ2n) is 7.39. The standard InChI is InChI=1S/C22H20F3N5O/c1-29-13-16(11-27-29)21-15(10-26-12-19(21)23)2-7-20(31)28-17-3-5-18(6-4-17)30-9-8-22(24,25)14-30/h2-7,10-13H,8-9,14H2,1H3,(H,28,31)/b7-2+. The van der Waals surface area contributed by atoms with Crippen LogP contribution in [0.3, 0.4) is 0 Å². The summed E-state index contributed by atoms with van der Waals surface area (Å²) in [5, 5.41) is 6.75. The van der Waals surface area contributed by atoms with E-state index in [4.69, 9.17) is 0 Å². The first-order valence-electron chi connectivity index (χ1n) is 9.65. The minimum absolute atomic E-state index is 0.160. The van der Waals surface area contributed by atoms with Gasteiger partial charge in [0.2, 0.25) is 5.91 Å². The number of hydrogen-bond acceptors (Lipinski definition) is 4. The summed E-state index contributed by atoms with van der Waals surface area (Å²) in [5.41, 5.74) is 2.52. The van der Waals surface area contributed by atoms with Crippen LogP contribution in [0, 0.1) is 5.82 Å². The molecule has 1 aromatic carbocycles. The molecule has 1 fully saturated rings. The smallest absolute Gasteiger partial charge is 0.266 e. The van der Waals surface area contributed by atoms with Crippen molar-refractivity contribution in [2.75, 3.05) is 23.3 Å². The largest absolute Gasteiger partial charge is 0.365 e. The van der Waals surface area contributed by atoms with Gasteiger partial charge in [0, 0.05) is 66.5 Å². The fourth-order valence-corrected chi connectivity index (χ4v) is 3.49. The minimum Gasteiger partial charge on any atom is -0.365 e. The van der Waals surface area contributed by atoms with Gasteiger partial charge in [0.15, 0.2) is 0 Å². The molecule has 1 aliphatic rings. The van der Waals surface area contributed by atoms with Crippen LogP contribution < -0.4 is 10.2 Å². The highest BCUT2D eigenvalue weighted by Gasteiger charge is 2.38. The van der Waals surface area contributed by atoms with Crippen molar-refractivity contribution >= 4 is 23.4 Å². The molecule has 0 aliphatic carbocycles. The summed E-state index contributed by atoms with van der Waals surface area (Å²) in [6, 6.07) is 6.69. The van der Waals surface area contributed by atoms with Crippen LogP contribution in [0.25, 0.3) is 17.2 Å². The van der Waals surface area contributed by atoms with Crippen molar-refractivity contribution in [2.45, 2.75) is 12.3 Å². The lowest BCUT2D eigenvalue weighted by molar-refractivity contribution is -0.111. The van der Waals surface area contributed by atoms with Gasteiger partial charge in [-0.25, -0.2) is 13.2 Å². The van der Waals surface area contributed by atoms with E-state index in [-0.39, 0.29) is 13.0 Å². The van der Waals surface area contributed by atoms with E-state index in [1.807, 2.05) is 0 Å². The van der Waals surface area contributed by atoms with Crippen LogP contribution in [-0.4, -0.2) is 39.7 Å². The van der Waals surface area contributed by atoms with Gasteiger partial charge in [-0.2, -0.15) is 5.10 Å². The zero-order valence-corrected chi connectivity index (χ0v) is 16.7. The highest BCUT2D eigenvalue weighted by molar-refractivity contribution is 6.02. The van der Waals surface area contributed by atoms with Crippen molar-refractivity contribution in [1.82, 2.24) is 14.8 Å². The highest BCUT2D eigenvalue weighted by atomic mass is 19.3. The summed E-state index contributed by atoms with van der Waals surface area (Å²) in [4.78, 5) is 17.8. The van der Waals surface area contributed by atoms with Crippen molar-refractivity contribution in [3.63, 3.8) is 0 Å². The van der Waals surface area contributed by atoms with Gasteiger partial charge in [-0.15, -0.1) is 0 Å². The van der Waals surface area contributed by atoms with Gasteiger partial charge in [0.1, 0.15) is 5.82 Å². The Morgan fingerprint density at radius 3 is 2.61 bits per heavy atom. The molecule has 6 nitrogen and oxygen atoms in total. The summed E-state index contributed by atoms with van der Waals surface area (Å²) < 4.78 is 42.7. The highest BCUT2D eigenvalue weighted by Crippen LogP contribution is 2.31. The molecule has 9 heteroatoms. The van der Waals surface area contributed by atoms with Crippen molar-refractivity contribution in [1.29, 1.82) is 0 Å². The molecule has 0 bridgehead atoms. The SMILES string of the molecule is Cn1cc(-c2c(F)cncc2/C=C/C(=O)Nc2ccc(N3CCC(F)(F)C3)cc2)cn1. The van der Waals surface area contributed by atoms with Crippen molar-refractivity contribution in [3.05, 3.63) is 66.5 Å². The summed E-state index contributed by atoms with van der Waals surface area (Å²) >= 11 is 0. The van der Waals surface area contributed by atoms with Crippen LogP contribution in [0.1, 0.15) is 12.0 Å². The van der Waals surface area contributed by atoms with Gasteiger partial charge >= 0.3 is 0 Å². The number of aryl methyl sites for hydroxylation is 1. The Labute approximate surface area is 177 Å². The van der Waals surface area contributed by atoms with Crippen LogP contribution in [-0.2, 0) is 11.8 Å². The lowest BCUT2D eigenvalue weighted by Crippen LogP contribution is -2.24. The van der Waals surface area contributed by atoms with Crippen molar-refractivity contribution in [3.8, 4) is 11.1 Å². The maximum absolute atomic E-state index is 14.3. The molecular weight excluding hydrogens is 407 g/mol. The molecule has 2 aromatic heterocycles. The number of hydrogen-bond donors (Lipinski definition) is 1. The van der Waals surface area contributed by atoms with Crippen molar-refractivity contribution in [2.24, 2.45) is 7.05 Å². The first-order chi connectivity index (χ1) is 14.8. The number of carbonyl (C=O) groups excluding carboxylic acids is 1. The number of rotatable bonds is 5. The maximum Gasteiger partial charge on any atom is 0.266 e. The predicted octanol–water partition coefficient (Wildman–Crippen LogP) is 4.12. The van der Waals surface area contributed by atoms with E-state index in [2.05, 4.69) is 15.4 Å². The molecule has 1 aliphatic heterocycles. The molecule has 0 spiro atoms. The number of aromatic nitrogens is 3. The Hall–Kier alpha value is -3.62. The van der Waals surface area contributed by atoms with E-state index in [0.29, 0.717) is 34.6 Å². The van der Waals surface area contributed by atoms with E-state index in [0.717, 1.165) is 6.20 Å². The van der Waals surface area contributed by atoms with Crippen LogP contribution in [0.5, 0.6) is 0 Å². The molecule has 1 saturated heterocycles. The molecule has 1 N–H and O–H groups in total. The molecular formula is C22H20F3N5O. The first kappa shape index (κ1) is 20.6. The Kier molecular flexibility index (Phi) is 5.50. The van der Waals surface area contributed by atoms with Crippen LogP contribution in [0.15, 0.2) is 55.1 Å². The fourth-order valence-electron chi connectivity index (χ4n) is 3.49. The molecule has 0 unspecified atom stereocenters. The second kappa shape index (κ2) is 8.25. The lowest BCUT2D eigenvalue weighted by atomic mass is 10.0. The van der Waals surface area contributed by atoms with Crippen molar-refractivity contribution < 1.29 is 18.0 Å². The number of benzene rings is 1. The number of nitrogens with one attached hydrogen (secondary N) is 1. The Balaban J connectivity index is 1.44. The molecule has 0 atom stereocenters. The van der Waals surface area contributed by atoms with Gasteiger partial charge in [0.05, 0.1) is 18.9 Å². The lowest BCUT2D eigenvalue weighted by Gasteiger charge is -2.18.